The smallest absolute Gasteiger partial charge is 0.257 e. The van der Waals surface area contributed by atoms with Crippen molar-refractivity contribution >= 4 is 28.8 Å². The summed E-state index contributed by atoms with van der Waals surface area (Å²) in [6.07, 6.45) is 0.895. The topological polar surface area (TPSA) is 55.1 Å². The van der Waals surface area contributed by atoms with Crippen LogP contribution in [0.1, 0.15) is 27.2 Å². The summed E-state index contributed by atoms with van der Waals surface area (Å²) < 4.78 is 5.55. The maximum atomic E-state index is 11.8. The Morgan fingerprint density at radius 3 is 2.84 bits per heavy atom. The number of fused-ring (bicyclic) bond motifs is 1. The Morgan fingerprint density at radius 1 is 1.42 bits per heavy atom. The number of para-hydroxylation sites is 2. The number of aromatic nitrogens is 1. The zero-order chi connectivity index (χ0) is 13.9. The van der Waals surface area contributed by atoms with Crippen LogP contribution in [0.3, 0.4) is 0 Å². The maximum absolute atomic E-state index is 11.8. The predicted octanol–water partition coefficient (Wildman–Crippen LogP) is 3.22. The maximum Gasteiger partial charge on any atom is 0.257 e. The van der Waals surface area contributed by atoms with Crippen molar-refractivity contribution < 1.29 is 9.21 Å². The number of oxazole rings is 1. The van der Waals surface area contributed by atoms with Gasteiger partial charge in [0.25, 0.3) is 5.22 Å². The van der Waals surface area contributed by atoms with Gasteiger partial charge >= 0.3 is 0 Å². The Kier molecular flexibility index (Phi) is 4.14. The zero-order valence-corrected chi connectivity index (χ0v) is 12.2. The van der Waals surface area contributed by atoms with Crippen LogP contribution in [0.2, 0.25) is 0 Å². The fourth-order valence-corrected chi connectivity index (χ4v) is 2.18. The number of nitrogens with zero attached hydrogens (tertiary/aromatic N) is 1. The van der Waals surface area contributed by atoms with E-state index in [2.05, 4.69) is 10.3 Å². The van der Waals surface area contributed by atoms with E-state index in [1.165, 1.54) is 11.8 Å². The van der Waals surface area contributed by atoms with Crippen molar-refractivity contribution in [3.05, 3.63) is 24.3 Å². The van der Waals surface area contributed by atoms with Gasteiger partial charge in [-0.3, -0.25) is 4.79 Å². The van der Waals surface area contributed by atoms with Gasteiger partial charge in [-0.25, -0.2) is 4.98 Å². The highest BCUT2D eigenvalue weighted by atomic mass is 32.2. The molecule has 5 heteroatoms. The van der Waals surface area contributed by atoms with Crippen LogP contribution in [0.4, 0.5) is 0 Å². The summed E-state index contributed by atoms with van der Waals surface area (Å²) in [5.74, 6) is 0.315. The Balaban J connectivity index is 1.93. The van der Waals surface area contributed by atoms with Crippen molar-refractivity contribution in [3.8, 4) is 0 Å². The van der Waals surface area contributed by atoms with Gasteiger partial charge in [0.2, 0.25) is 5.91 Å². The zero-order valence-electron chi connectivity index (χ0n) is 11.4. The lowest BCUT2D eigenvalue weighted by Gasteiger charge is -2.24. The third-order valence-electron chi connectivity index (χ3n) is 2.96. The Bertz CT molecular complexity index is 545. The van der Waals surface area contributed by atoms with Crippen LogP contribution in [0.25, 0.3) is 11.1 Å². The molecular formula is C14H18N2O2S. The van der Waals surface area contributed by atoms with Gasteiger partial charge in [-0.15, -0.1) is 0 Å². The highest BCUT2D eigenvalue weighted by molar-refractivity contribution is 7.99. The third-order valence-corrected chi connectivity index (χ3v) is 3.79. The van der Waals surface area contributed by atoms with Crippen LogP contribution >= 0.6 is 11.8 Å². The molecule has 102 valence electrons. The number of benzene rings is 1. The monoisotopic (exact) mass is 278 g/mol. The molecule has 1 aromatic heterocycles. The Morgan fingerprint density at radius 2 is 2.16 bits per heavy atom. The second kappa shape index (κ2) is 5.65. The molecule has 0 aliphatic rings. The van der Waals surface area contributed by atoms with Crippen LogP contribution < -0.4 is 5.32 Å². The molecule has 1 amide bonds. The predicted molar refractivity (Wildman–Crippen MR) is 77.2 cm³/mol. The van der Waals surface area contributed by atoms with Crippen molar-refractivity contribution in [3.63, 3.8) is 0 Å². The van der Waals surface area contributed by atoms with Crippen LogP contribution in [0.5, 0.6) is 0 Å². The molecule has 0 unspecified atom stereocenters. The van der Waals surface area contributed by atoms with E-state index in [-0.39, 0.29) is 11.4 Å². The molecule has 1 heterocycles. The average molecular weight is 278 g/mol. The van der Waals surface area contributed by atoms with Crippen molar-refractivity contribution in [1.82, 2.24) is 10.3 Å². The van der Waals surface area contributed by atoms with E-state index in [0.29, 0.717) is 11.0 Å². The molecule has 1 aromatic carbocycles. The standard InChI is InChI=1S/C14H18N2O2S/c1-4-14(2,3)16-12(17)9-19-13-15-10-7-5-6-8-11(10)18-13/h5-8H,4,9H2,1-3H3,(H,16,17). The van der Waals surface area contributed by atoms with E-state index >= 15 is 0 Å². The van der Waals surface area contributed by atoms with E-state index in [0.717, 1.165) is 17.5 Å². The largest absolute Gasteiger partial charge is 0.431 e. The Hall–Kier alpha value is -1.49. The molecule has 0 bridgehead atoms. The van der Waals surface area contributed by atoms with Crippen LogP contribution in [0, 0.1) is 0 Å². The lowest BCUT2D eigenvalue weighted by Crippen LogP contribution is -2.43. The number of carbonyl (C=O) groups excluding carboxylic acids is 1. The number of hydrogen-bond donors (Lipinski definition) is 1. The summed E-state index contributed by atoms with van der Waals surface area (Å²) in [4.78, 5) is 16.1. The molecule has 0 spiro atoms. The van der Waals surface area contributed by atoms with Gasteiger partial charge in [0.1, 0.15) is 5.52 Å². The minimum Gasteiger partial charge on any atom is -0.431 e. The molecule has 0 aliphatic heterocycles. The van der Waals surface area contributed by atoms with Crippen molar-refractivity contribution in [2.75, 3.05) is 5.75 Å². The fraction of sp³-hybridized carbons (Fsp3) is 0.429. The fourth-order valence-electron chi connectivity index (χ4n) is 1.54. The first kappa shape index (κ1) is 13.9. The van der Waals surface area contributed by atoms with Gasteiger partial charge in [0.05, 0.1) is 5.75 Å². The lowest BCUT2D eigenvalue weighted by molar-refractivity contribution is -0.120. The molecule has 2 rings (SSSR count). The second-order valence-corrected chi connectivity index (χ2v) is 5.95. The van der Waals surface area contributed by atoms with Gasteiger partial charge in [-0.2, -0.15) is 0 Å². The summed E-state index contributed by atoms with van der Waals surface area (Å²) in [5, 5.41) is 3.51. The molecule has 4 nitrogen and oxygen atoms in total. The van der Waals surface area contributed by atoms with Crippen LogP contribution in [0.15, 0.2) is 33.9 Å². The molecule has 19 heavy (non-hydrogen) atoms. The highest BCUT2D eigenvalue weighted by Gasteiger charge is 2.18. The first-order valence-corrected chi connectivity index (χ1v) is 7.28. The number of hydrogen-bond acceptors (Lipinski definition) is 4. The van der Waals surface area contributed by atoms with Gasteiger partial charge in [0, 0.05) is 5.54 Å². The summed E-state index contributed by atoms with van der Waals surface area (Å²) in [6.45, 7) is 6.07. The molecule has 2 aromatic rings. The van der Waals surface area contributed by atoms with E-state index in [9.17, 15) is 4.79 Å². The van der Waals surface area contributed by atoms with Gasteiger partial charge in [-0.1, -0.05) is 30.8 Å². The van der Waals surface area contributed by atoms with Gasteiger partial charge < -0.3 is 9.73 Å². The summed E-state index contributed by atoms with van der Waals surface area (Å²) in [5.41, 5.74) is 1.40. The molecule has 1 N–H and O–H groups in total. The number of thioether (sulfide) groups is 1. The van der Waals surface area contributed by atoms with Crippen LogP contribution in [-0.2, 0) is 4.79 Å². The number of nitrogens with one attached hydrogen (secondary N) is 1. The lowest BCUT2D eigenvalue weighted by atomic mass is 10.0. The van der Waals surface area contributed by atoms with E-state index in [4.69, 9.17) is 4.42 Å². The third kappa shape index (κ3) is 3.73. The van der Waals surface area contributed by atoms with Crippen molar-refractivity contribution in [1.29, 1.82) is 0 Å². The Labute approximate surface area is 117 Å². The number of rotatable bonds is 5. The highest BCUT2D eigenvalue weighted by Crippen LogP contribution is 2.23. The first-order valence-electron chi connectivity index (χ1n) is 6.29. The van der Waals surface area contributed by atoms with Gasteiger partial charge in [0.15, 0.2) is 5.58 Å². The van der Waals surface area contributed by atoms with E-state index in [1.54, 1.807) is 0 Å². The molecule has 0 saturated carbocycles. The van der Waals surface area contributed by atoms with Crippen molar-refractivity contribution in [2.45, 2.75) is 38.0 Å². The van der Waals surface area contributed by atoms with E-state index < -0.39 is 0 Å². The van der Waals surface area contributed by atoms with Gasteiger partial charge in [-0.05, 0) is 32.4 Å². The minimum absolute atomic E-state index is 0.000828. The number of carbonyl (C=O) groups is 1. The second-order valence-electron chi connectivity index (χ2n) is 5.02. The normalized spacial score (nSPS) is 11.7. The summed E-state index contributed by atoms with van der Waals surface area (Å²) in [7, 11) is 0. The first-order chi connectivity index (χ1) is 9.00. The quantitative estimate of drug-likeness (QED) is 0.853. The molecular weight excluding hydrogens is 260 g/mol. The number of amides is 1. The molecule has 0 fully saturated rings. The summed E-state index contributed by atoms with van der Waals surface area (Å²) in [6, 6.07) is 7.57. The van der Waals surface area contributed by atoms with Crippen molar-refractivity contribution in [2.24, 2.45) is 0 Å². The average Bonchev–Trinajstić information content (AvgIpc) is 2.78. The van der Waals surface area contributed by atoms with Crippen LogP contribution in [-0.4, -0.2) is 22.2 Å². The molecule has 0 aliphatic carbocycles. The molecule has 0 saturated heterocycles. The van der Waals surface area contributed by atoms with E-state index in [1.807, 2.05) is 45.0 Å². The minimum atomic E-state index is -0.168. The SMILES string of the molecule is CCC(C)(C)NC(=O)CSc1nc2ccccc2o1. The summed E-state index contributed by atoms with van der Waals surface area (Å²) >= 11 is 1.32. The molecule has 0 radical (unpaired) electrons. The molecule has 0 atom stereocenters.